The highest BCUT2D eigenvalue weighted by atomic mass is 16.3. The van der Waals surface area contributed by atoms with Gasteiger partial charge in [0.1, 0.15) is 0 Å². The van der Waals surface area contributed by atoms with Crippen LogP contribution in [0, 0.1) is 4.91 Å². The Morgan fingerprint density at radius 2 is 0.889 bits per heavy atom. The predicted octanol–water partition coefficient (Wildman–Crippen LogP) is 6.23. The van der Waals surface area contributed by atoms with E-state index in [4.69, 9.17) is 0 Å². The molecule has 18 heavy (non-hydrogen) atoms. The predicted molar refractivity (Wildman–Crippen MR) is 81.0 cm³/mol. The number of rotatable bonds is 15. The summed E-state index contributed by atoms with van der Waals surface area (Å²) < 4.78 is 0. The van der Waals surface area contributed by atoms with Crippen LogP contribution in [0.2, 0.25) is 0 Å². The maximum absolute atomic E-state index is 9.87. The van der Waals surface area contributed by atoms with Crippen molar-refractivity contribution in [3.63, 3.8) is 0 Å². The minimum atomic E-state index is 0.512. The van der Waals surface area contributed by atoms with Gasteiger partial charge in [-0.25, -0.2) is 0 Å². The molecule has 0 aliphatic carbocycles. The van der Waals surface area contributed by atoms with Gasteiger partial charge in [0.15, 0.2) is 0 Å². The monoisotopic (exact) mass is 255 g/mol. The SMILES string of the molecule is CCCCCCCCCCCCCCCCN=O. The molecule has 0 heterocycles. The minimum Gasteiger partial charge on any atom is -0.151 e. The summed E-state index contributed by atoms with van der Waals surface area (Å²) in [4.78, 5) is 9.87. The van der Waals surface area contributed by atoms with E-state index in [1.165, 1.54) is 83.5 Å². The van der Waals surface area contributed by atoms with E-state index < -0.39 is 0 Å². The van der Waals surface area contributed by atoms with Crippen LogP contribution in [0.15, 0.2) is 5.18 Å². The quantitative estimate of drug-likeness (QED) is 0.252. The lowest BCUT2D eigenvalue weighted by molar-refractivity contribution is 0.536. The van der Waals surface area contributed by atoms with Gasteiger partial charge in [-0.1, -0.05) is 95.6 Å². The van der Waals surface area contributed by atoms with Gasteiger partial charge < -0.3 is 0 Å². The topological polar surface area (TPSA) is 29.4 Å². The Kier molecular flexibility index (Phi) is 16.2. The molecular weight excluding hydrogens is 222 g/mol. The van der Waals surface area contributed by atoms with Crippen molar-refractivity contribution in [2.45, 2.75) is 96.8 Å². The van der Waals surface area contributed by atoms with Crippen LogP contribution in [0.5, 0.6) is 0 Å². The van der Waals surface area contributed by atoms with Crippen LogP contribution in [0.3, 0.4) is 0 Å². The molecule has 0 aromatic carbocycles. The molecule has 0 unspecified atom stereocenters. The molecule has 0 N–H and O–H groups in total. The van der Waals surface area contributed by atoms with Crippen molar-refractivity contribution in [1.29, 1.82) is 0 Å². The fourth-order valence-corrected chi connectivity index (χ4v) is 2.37. The zero-order chi connectivity index (χ0) is 13.3. The minimum absolute atomic E-state index is 0.512. The average molecular weight is 255 g/mol. The molecule has 0 aliphatic rings. The first kappa shape index (κ1) is 17.6. The first-order chi connectivity index (χ1) is 8.91. The lowest BCUT2D eigenvalue weighted by Crippen LogP contribution is -1.84. The molecule has 0 atom stereocenters. The van der Waals surface area contributed by atoms with E-state index in [0.29, 0.717) is 6.54 Å². The van der Waals surface area contributed by atoms with Crippen molar-refractivity contribution in [3.05, 3.63) is 4.91 Å². The lowest BCUT2D eigenvalue weighted by atomic mass is 10.0. The van der Waals surface area contributed by atoms with E-state index in [1.54, 1.807) is 0 Å². The number of unbranched alkanes of at least 4 members (excludes halogenated alkanes) is 13. The summed E-state index contributed by atoms with van der Waals surface area (Å²) in [5.74, 6) is 0. The van der Waals surface area contributed by atoms with Gasteiger partial charge in [-0.2, -0.15) is 4.91 Å². The molecule has 2 nitrogen and oxygen atoms in total. The molecule has 0 amide bonds. The van der Waals surface area contributed by atoms with E-state index in [2.05, 4.69) is 12.1 Å². The third-order valence-electron chi connectivity index (χ3n) is 3.60. The molecule has 0 aliphatic heterocycles. The van der Waals surface area contributed by atoms with Gasteiger partial charge in [0.25, 0.3) is 0 Å². The van der Waals surface area contributed by atoms with Crippen molar-refractivity contribution in [2.24, 2.45) is 5.18 Å². The summed E-state index contributed by atoms with van der Waals surface area (Å²) in [7, 11) is 0. The summed E-state index contributed by atoms with van der Waals surface area (Å²) >= 11 is 0. The summed E-state index contributed by atoms with van der Waals surface area (Å²) in [5, 5.41) is 2.88. The van der Waals surface area contributed by atoms with Gasteiger partial charge >= 0.3 is 0 Å². The fraction of sp³-hybridized carbons (Fsp3) is 1.00. The van der Waals surface area contributed by atoms with Crippen molar-refractivity contribution in [3.8, 4) is 0 Å². The van der Waals surface area contributed by atoms with Crippen LogP contribution >= 0.6 is 0 Å². The molecule has 0 aromatic rings. The van der Waals surface area contributed by atoms with Gasteiger partial charge in [0, 0.05) is 0 Å². The second kappa shape index (κ2) is 16.6. The van der Waals surface area contributed by atoms with Crippen LogP contribution in [-0.2, 0) is 0 Å². The van der Waals surface area contributed by atoms with Crippen LogP contribution in [0.25, 0.3) is 0 Å². The summed E-state index contributed by atoms with van der Waals surface area (Å²) in [6.45, 7) is 2.79. The molecule has 0 saturated carbocycles. The standard InChI is InChI=1S/C16H33NO/c1-2-3-4-5-6-7-8-9-10-11-12-13-14-15-16-17-18/h2-16H2,1H3. The molecular formula is C16H33NO. The first-order valence-corrected chi connectivity index (χ1v) is 8.21. The Morgan fingerprint density at radius 1 is 0.556 bits per heavy atom. The molecule has 0 rings (SSSR count). The first-order valence-electron chi connectivity index (χ1n) is 8.21. The zero-order valence-corrected chi connectivity index (χ0v) is 12.5. The Hall–Kier alpha value is -0.400. The Labute approximate surface area is 114 Å². The van der Waals surface area contributed by atoms with Crippen molar-refractivity contribution < 1.29 is 0 Å². The third kappa shape index (κ3) is 15.6. The van der Waals surface area contributed by atoms with Crippen molar-refractivity contribution in [1.82, 2.24) is 0 Å². The molecule has 0 saturated heterocycles. The second-order valence-electron chi connectivity index (χ2n) is 5.45. The Morgan fingerprint density at radius 3 is 1.22 bits per heavy atom. The Bertz CT molecular complexity index is 159. The average Bonchev–Trinajstić information content (AvgIpc) is 2.39. The van der Waals surface area contributed by atoms with Gasteiger partial charge in [-0.3, -0.25) is 0 Å². The smallest absolute Gasteiger partial charge is 0.0811 e. The van der Waals surface area contributed by atoms with Crippen molar-refractivity contribution in [2.75, 3.05) is 6.54 Å². The summed E-state index contributed by atoms with van der Waals surface area (Å²) in [6.07, 6.45) is 19.0. The Balaban J connectivity index is 2.88. The molecule has 0 aromatic heterocycles. The van der Waals surface area contributed by atoms with E-state index in [9.17, 15) is 4.91 Å². The highest BCUT2D eigenvalue weighted by Crippen LogP contribution is 2.12. The molecule has 0 bridgehead atoms. The van der Waals surface area contributed by atoms with E-state index in [-0.39, 0.29) is 0 Å². The third-order valence-corrected chi connectivity index (χ3v) is 3.60. The van der Waals surface area contributed by atoms with Crippen LogP contribution < -0.4 is 0 Å². The number of hydrogen-bond donors (Lipinski definition) is 0. The highest BCUT2D eigenvalue weighted by molar-refractivity contribution is 4.50. The summed E-state index contributed by atoms with van der Waals surface area (Å²) in [6, 6.07) is 0. The molecule has 108 valence electrons. The maximum Gasteiger partial charge on any atom is 0.0811 e. The summed E-state index contributed by atoms with van der Waals surface area (Å²) in [5.41, 5.74) is 0. The highest BCUT2D eigenvalue weighted by Gasteiger charge is 1.93. The van der Waals surface area contributed by atoms with Gasteiger partial charge in [-0.15, -0.1) is 0 Å². The maximum atomic E-state index is 9.87. The molecule has 0 fully saturated rings. The van der Waals surface area contributed by atoms with Crippen molar-refractivity contribution >= 4 is 0 Å². The molecule has 2 heteroatoms. The molecule has 0 spiro atoms. The molecule has 0 radical (unpaired) electrons. The van der Waals surface area contributed by atoms with E-state index in [1.807, 2.05) is 0 Å². The number of nitroso groups, excluding NO2 is 1. The largest absolute Gasteiger partial charge is 0.151 e. The second-order valence-corrected chi connectivity index (χ2v) is 5.45. The zero-order valence-electron chi connectivity index (χ0n) is 12.5. The van der Waals surface area contributed by atoms with Crippen LogP contribution in [0.1, 0.15) is 96.8 Å². The fourth-order valence-electron chi connectivity index (χ4n) is 2.37. The van der Waals surface area contributed by atoms with E-state index in [0.717, 1.165) is 6.42 Å². The lowest BCUT2D eigenvalue weighted by Gasteiger charge is -2.02. The normalized spacial score (nSPS) is 10.7. The number of nitrogens with zero attached hydrogens (tertiary/aromatic N) is 1. The van der Waals surface area contributed by atoms with Gasteiger partial charge in [0.2, 0.25) is 0 Å². The van der Waals surface area contributed by atoms with Crippen LogP contribution in [-0.4, -0.2) is 6.54 Å². The number of hydrogen-bond acceptors (Lipinski definition) is 2. The van der Waals surface area contributed by atoms with Gasteiger partial charge in [-0.05, 0) is 6.42 Å². The van der Waals surface area contributed by atoms with E-state index >= 15 is 0 Å². The van der Waals surface area contributed by atoms with Crippen LogP contribution in [0.4, 0.5) is 0 Å². The van der Waals surface area contributed by atoms with Gasteiger partial charge in [0.05, 0.1) is 6.54 Å².